The zero-order valence-corrected chi connectivity index (χ0v) is 15.6. The summed E-state index contributed by atoms with van der Waals surface area (Å²) < 4.78 is 7.51. The molecule has 5 rings (SSSR count). The Kier molecular flexibility index (Phi) is 4.20. The van der Waals surface area contributed by atoms with Gasteiger partial charge in [0.05, 0.1) is 17.6 Å². The smallest absolute Gasteiger partial charge is 0.289 e. The number of carbonyl (C=O) groups is 1. The van der Waals surface area contributed by atoms with E-state index in [1.807, 2.05) is 41.2 Å². The van der Waals surface area contributed by atoms with Crippen molar-refractivity contribution in [2.45, 2.75) is 12.5 Å². The lowest BCUT2D eigenvalue weighted by atomic mass is 10.2. The maximum Gasteiger partial charge on any atom is 0.289 e. The highest BCUT2D eigenvalue weighted by Gasteiger charge is 2.30. The van der Waals surface area contributed by atoms with Crippen LogP contribution in [0, 0.1) is 0 Å². The second kappa shape index (κ2) is 7.01. The third-order valence-corrected chi connectivity index (χ3v) is 5.25. The zero-order valence-electron chi connectivity index (χ0n) is 15.6. The molecule has 0 aliphatic carbocycles. The SMILES string of the molecule is O=C(c1cc(=O)c2ccccc2o1)N1CC[C@@H](n2cc(-c3ccccc3)nn2)C1. The van der Waals surface area contributed by atoms with Crippen LogP contribution in [0.5, 0.6) is 0 Å². The van der Waals surface area contributed by atoms with Crippen LogP contribution in [0.2, 0.25) is 0 Å². The number of rotatable bonds is 3. The van der Waals surface area contributed by atoms with Crippen molar-refractivity contribution in [3.63, 3.8) is 0 Å². The molecule has 0 bridgehead atoms. The number of hydrogen-bond acceptors (Lipinski definition) is 5. The number of fused-ring (bicyclic) bond motifs is 1. The van der Waals surface area contributed by atoms with Crippen LogP contribution in [-0.2, 0) is 0 Å². The first kappa shape index (κ1) is 17.4. The second-order valence-corrected chi connectivity index (χ2v) is 7.11. The molecule has 2 aromatic carbocycles. The van der Waals surface area contributed by atoms with Crippen LogP contribution in [-0.4, -0.2) is 38.9 Å². The number of carbonyl (C=O) groups excluding carboxylic acids is 1. The monoisotopic (exact) mass is 386 g/mol. The summed E-state index contributed by atoms with van der Waals surface area (Å²) in [6.45, 7) is 1.06. The molecule has 0 saturated carbocycles. The standard InChI is InChI=1S/C22H18N4O3/c27-19-12-21(29-20-9-5-4-8-17(19)20)22(28)25-11-10-16(13-25)26-14-18(23-24-26)15-6-2-1-3-7-15/h1-9,12,14,16H,10-11,13H2/t16-/m1/s1. The minimum Gasteiger partial charge on any atom is -0.451 e. The van der Waals surface area contributed by atoms with Gasteiger partial charge in [0.25, 0.3) is 5.91 Å². The van der Waals surface area contributed by atoms with Gasteiger partial charge in [0.15, 0.2) is 11.2 Å². The van der Waals surface area contributed by atoms with Crippen molar-refractivity contribution in [2.24, 2.45) is 0 Å². The Labute approximate surface area is 166 Å². The second-order valence-electron chi connectivity index (χ2n) is 7.11. The molecule has 3 heterocycles. The van der Waals surface area contributed by atoms with Crippen molar-refractivity contribution in [1.82, 2.24) is 19.9 Å². The molecule has 1 saturated heterocycles. The lowest BCUT2D eigenvalue weighted by molar-refractivity contribution is 0.0756. The highest BCUT2D eigenvalue weighted by atomic mass is 16.3. The first-order valence-electron chi connectivity index (χ1n) is 9.48. The maximum atomic E-state index is 12.9. The molecular formula is C22H18N4O3. The largest absolute Gasteiger partial charge is 0.451 e. The van der Waals surface area contributed by atoms with Gasteiger partial charge in [-0.2, -0.15) is 0 Å². The van der Waals surface area contributed by atoms with E-state index in [9.17, 15) is 9.59 Å². The van der Waals surface area contributed by atoms with Crippen molar-refractivity contribution in [3.8, 4) is 11.3 Å². The lowest BCUT2D eigenvalue weighted by Crippen LogP contribution is -2.29. The molecule has 1 fully saturated rings. The Morgan fingerprint density at radius 1 is 1.07 bits per heavy atom. The van der Waals surface area contributed by atoms with Gasteiger partial charge in [0.1, 0.15) is 11.3 Å². The Morgan fingerprint density at radius 2 is 1.86 bits per heavy atom. The summed E-state index contributed by atoms with van der Waals surface area (Å²) in [5.74, 6) is -0.211. The van der Waals surface area contributed by atoms with Gasteiger partial charge in [-0.15, -0.1) is 5.10 Å². The van der Waals surface area contributed by atoms with Crippen molar-refractivity contribution >= 4 is 16.9 Å². The van der Waals surface area contributed by atoms with Gasteiger partial charge < -0.3 is 9.32 Å². The van der Waals surface area contributed by atoms with Crippen LogP contribution in [0.25, 0.3) is 22.2 Å². The van der Waals surface area contributed by atoms with E-state index >= 15 is 0 Å². The minimum absolute atomic E-state index is 0.0380. The molecule has 2 aromatic heterocycles. The van der Waals surface area contributed by atoms with Gasteiger partial charge in [0.2, 0.25) is 0 Å². The quantitative estimate of drug-likeness (QED) is 0.540. The summed E-state index contributed by atoms with van der Waals surface area (Å²) >= 11 is 0. The number of amides is 1. The number of hydrogen-bond donors (Lipinski definition) is 0. The van der Waals surface area contributed by atoms with Gasteiger partial charge in [-0.3, -0.25) is 9.59 Å². The van der Waals surface area contributed by atoms with Gasteiger partial charge in [-0.25, -0.2) is 4.68 Å². The van der Waals surface area contributed by atoms with E-state index in [1.165, 1.54) is 6.07 Å². The van der Waals surface area contributed by atoms with Gasteiger partial charge in [-0.1, -0.05) is 47.7 Å². The molecule has 0 spiro atoms. The highest BCUT2D eigenvalue weighted by Crippen LogP contribution is 2.25. The van der Waals surface area contributed by atoms with Crippen molar-refractivity contribution in [2.75, 3.05) is 13.1 Å². The molecule has 1 atom stereocenters. The molecule has 144 valence electrons. The average Bonchev–Trinajstić information content (AvgIpc) is 3.44. The molecule has 1 aliphatic rings. The number of aromatic nitrogens is 3. The minimum atomic E-state index is -0.279. The predicted molar refractivity (Wildman–Crippen MR) is 107 cm³/mol. The van der Waals surface area contributed by atoms with E-state index in [4.69, 9.17) is 4.42 Å². The summed E-state index contributed by atoms with van der Waals surface area (Å²) in [6.07, 6.45) is 2.67. The summed E-state index contributed by atoms with van der Waals surface area (Å²) in [7, 11) is 0. The fraction of sp³-hybridized carbons (Fsp3) is 0.182. The van der Waals surface area contributed by atoms with Crippen LogP contribution in [0.3, 0.4) is 0 Å². The zero-order chi connectivity index (χ0) is 19.8. The summed E-state index contributed by atoms with van der Waals surface area (Å²) in [5.41, 5.74) is 2.01. The van der Waals surface area contributed by atoms with Gasteiger partial charge in [0, 0.05) is 24.7 Å². The Bertz CT molecular complexity index is 1250. The van der Waals surface area contributed by atoms with Crippen LogP contribution in [0.1, 0.15) is 23.0 Å². The number of nitrogens with zero attached hydrogens (tertiary/aromatic N) is 4. The Balaban J connectivity index is 1.35. The van der Waals surface area contributed by atoms with Crippen LogP contribution in [0.4, 0.5) is 0 Å². The third-order valence-electron chi connectivity index (χ3n) is 5.25. The third kappa shape index (κ3) is 3.20. The highest BCUT2D eigenvalue weighted by molar-refractivity contribution is 5.93. The van der Waals surface area contributed by atoms with E-state index in [2.05, 4.69) is 10.3 Å². The molecule has 1 aliphatic heterocycles. The molecule has 29 heavy (non-hydrogen) atoms. The van der Waals surface area contributed by atoms with Crippen LogP contribution >= 0.6 is 0 Å². The molecule has 0 unspecified atom stereocenters. The van der Waals surface area contributed by atoms with E-state index in [0.29, 0.717) is 24.1 Å². The summed E-state index contributed by atoms with van der Waals surface area (Å²) in [5, 5.41) is 8.98. The van der Waals surface area contributed by atoms with Gasteiger partial charge in [-0.05, 0) is 18.6 Å². The lowest BCUT2D eigenvalue weighted by Gasteiger charge is -2.15. The first-order valence-corrected chi connectivity index (χ1v) is 9.48. The molecule has 1 amide bonds. The fourth-order valence-electron chi connectivity index (χ4n) is 3.70. The van der Waals surface area contributed by atoms with Crippen molar-refractivity contribution < 1.29 is 9.21 Å². The number of likely N-dealkylation sites (tertiary alicyclic amines) is 1. The van der Waals surface area contributed by atoms with E-state index in [1.54, 1.807) is 29.2 Å². The van der Waals surface area contributed by atoms with E-state index in [-0.39, 0.29) is 23.1 Å². The molecule has 0 N–H and O–H groups in total. The topological polar surface area (TPSA) is 81.2 Å². The fourth-order valence-corrected chi connectivity index (χ4v) is 3.70. The van der Waals surface area contributed by atoms with Crippen molar-refractivity contribution in [1.29, 1.82) is 0 Å². The molecule has 0 radical (unpaired) electrons. The van der Waals surface area contributed by atoms with Crippen LogP contribution < -0.4 is 5.43 Å². The predicted octanol–water partition coefficient (Wildman–Crippen LogP) is 3.14. The van der Waals surface area contributed by atoms with Gasteiger partial charge >= 0.3 is 0 Å². The molecule has 7 nitrogen and oxygen atoms in total. The number of para-hydroxylation sites is 1. The van der Waals surface area contributed by atoms with E-state index in [0.717, 1.165) is 17.7 Å². The van der Waals surface area contributed by atoms with E-state index < -0.39 is 0 Å². The average molecular weight is 386 g/mol. The Morgan fingerprint density at radius 3 is 2.72 bits per heavy atom. The molecule has 4 aromatic rings. The number of benzene rings is 2. The maximum absolute atomic E-state index is 12.9. The molecular weight excluding hydrogens is 368 g/mol. The Hall–Kier alpha value is -3.74. The summed E-state index contributed by atoms with van der Waals surface area (Å²) in [4.78, 5) is 26.9. The normalized spacial score (nSPS) is 16.4. The molecule has 7 heteroatoms. The van der Waals surface area contributed by atoms with Crippen molar-refractivity contribution in [3.05, 3.63) is 82.8 Å². The summed E-state index contributed by atoms with van der Waals surface area (Å²) in [6, 6.07) is 18.1. The first-order chi connectivity index (χ1) is 14.2. The van der Waals surface area contributed by atoms with Crippen LogP contribution in [0.15, 0.2) is 76.1 Å².